The second-order valence-electron chi connectivity index (χ2n) is 6.94. The minimum Gasteiger partial charge on any atom is -0.497 e. The van der Waals surface area contributed by atoms with Gasteiger partial charge in [-0.05, 0) is 78.2 Å². The summed E-state index contributed by atoms with van der Waals surface area (Å²) in [5.41, 5.74) is 1.15. The van der Waals surface area contributed by atoms with Gasteiger partial charge in [0, 0.05) is 22.5 Å². The molecule has 1 amide bonds. The number of halogens is 1. The van der Waals surface area contributed by atoms with Gasteiger partial charge >= 0.3 is 0 Å². The number of carbonyl (C=O) groups excluding carboxylic acids is 1. The van der Waals surface area contributed by atoms with Crippen LogP contribution in [0.25, 0.3) is 10.1 Å². The van der Waals surface area contributed by atoms with Crippen molar-refractivity contribution in [2.75, 3.05) is 23.8 Å². The Labute approximate surface area is 195 Å². The van der Waals surface area contributed by atoms with Crippen LogP contribution >= 0.6 is 22.9 Å². The number of thiophene rings is 1. The average Bonchev–Trinajstić information content (AvgIpc) is 3.23. The number of hydrogen-bond acceptors (Lipinski definition) is 5. The largest absolute Gasteiger partial charge is 0.497 e. The molecule has 0 fully saturated rings. The molecule has 0 atom stereocenters. The Morgan fingerprint density at radius 2 is 1.69 bits per heavy atom. The molecule has 164 valence electrons. The molecule has 4 aromatic rings. The molecule has 0 aliphatic heterocycles. The molecule has 3 aromatic carbocycles. The molecule has 0 spiro atoms. The predicted octanol–water partition coefficient (Wildman–Crippen LogP) is 5.64. The van der Waals surface area contributed by atoms with Gasteiger partial charge in [-0.1, -0.05) is 11.6 Å². The van der Waals surface area contributed by atoms with Crippen molar-refractivity contribution in [3.05, 3.63) is 82.7 Å². The van der Waals surface area contributed by atoms with Gasteiger partial charge in [0.05, 0.1) is 22.6 Å². The van der Waals surface area contributed by atoms with E-state index in [0.29, 0.717) is 27.0 Å². The molecule has 0 saturated heterocycles. The SMILES string of the molecule is COc1ccc(NC(=O)c2cc3cc(N(C)S(=O)(=O)c4ccc(Cl)cc4)ccc3s2)cc1. The molecule has 9 heteroatoms. The number of nitrogens with one attached hydrogen (secondary N) is 1. The number of carbonyl (C=O) groups is 1. The Bertz CT molecular complexity index is 1380. The van der Waals surface area contributed by atoms with Gasteiger partial charge < -0.3 is 10.1 Å². The third kappa shape index (κ3) is 4.43. The zero-order chi connectivity index (χ0) is 22.9. The number of fused-ring (bicyclic) bond motifs is 1. The zero-order valence-electron chi connectivity index (χ0n) is 17.2. The van der Waals surface area contributed by atoms with Gasteiger partial charge in [-0.3, -0.25) is 9.10 Å². The van der Waals surface area contributed by atoms with Crippen LogP contribution in [-0.2, 0) is 10.0 Å². The van der Waals surface area contributed by atoms with Gasteiger partial charge in [0.2, 0.25) is 0 Å². The fraction of sp³-hybridized carbons (Fsp3) is 0.0870. The number of hydrogen-bond donors (Lipinski definition) is 1. The molecule has 32 heavy (non-hydrogen) atoms. The van der Waals surface area contributed by atoms with Crippen molar-refractivity contribution in [1.29, 1.82) is 0 Å². The first-order chi connectivity index (χ1) is 15.3. The number of rotatable bonds is 6. The summed E-state index contributed by atoms with van der Waals surface area (Å²) in [7, 11) is -0.670. The second kappa shape index (κ2) is 8.82. The number of sulfonamides is 1. The Hall–Kier alpha value is -3.07. The summed E-state index contributed by atoms with van der Waals surface area (Å²) in [5.74, 6) is 0.468. The molecule has 0 radical (unpaired) electrons. The molecular formula is C23H19ClN2O4S2. The van der Waals surface area contributed by atoms with Crippen molar-refractivity contribution < 1.29 is 17.9 Å². The lowest BCUT2D eigenvalue weighted by atomic mass is 10.2. The monoisotopic (exact) mass is 486 g/mol. The molecule has 4 rings (SSSR count). The van der Waals surface area contributed by atoms with Crippen LogP contribution in [-0.4, -0.2) is 28.5 Å². The average molecular weight is 487 g/mol. The number of amides is 1. The van der Waals surface area contributed by atoms with E-state index in [0.717, 1.165) is 10.1 Å². The molecule has 0 aliphatic carbocycles. The van der Waals surface area contributed by atoms with Crippen LogP contribution in [0.2, 0.25) is 5.02 Å². The fourth-order valence-electron chi connectivity index (χ4n) is 3.11. The van der Waals surface area contributed by atoms with E-state index in [1.54, 1.807) is 49.6 Å². The molecule has 0 aliphatic rings. The van der Waals surface area contributed by atoms with Gasteiger partial charge in [-0.2, -0.15) is 0 Å². The predicted molar refractivity (Wildman–Crippen MR) is 130 cm³/mol. The van der Waals surface area contributed by atoms with E-state index in [9.17, 15) is 13.2 Å². The summed E-state index contributed by atoms with van der Waals surface area (Å²) in [5, 5.41) is 4.10. The van der Waals surface area contributed by atoms with Crippen molar-refractivity contribution in [3.63, 3.8) is 0 Å². The standard InChI is InChI=1S/C23H19ClN2O4S2/c1-26(32(28,29)20-10-3-16(24)4-11-20)18-7-12-21-15(13-18)14-22(31-21)23(27)25-17-5-8-19(30-2)9-6-17/h3-14H,1-2H3,(H,25,27). The van der Waals surface area contributed by atoms with Gasteiger partial charge in [0.25, 0.3) is 15.9 Å². The Balaban J connectivity index is 1.58. The quantitative estimate of drug-likeness (QED) is 0.382. The first-order valence-corrected chi connectivity index (χ1v) is 12.1. The van der Waals surface area contributed by atoms with E-state index < -0.39 is 10.0 Å². The second-order valence-corrected chi connectivity index (χ2v) is 10.4. The van der Waals surface area contributed by atoms with Crippen molar-refractivity contribution in [3.8, 4) is 5.75 Å². The fourth-order valence-corrected chi connectivity index (χ4v) is 5.36. The highest BCUT2D eigenvalue weighted by Crippen LogP contribution is 2.32. The number of nitrogens with zero attached hydrogens (tertiary/aromatic N) is 1. The summed E-state index contributed by atoms with van der Waals surface area (Å²) in [6, 6.07) is 20.1. The van der Waals surface area contributed by atoms with Crippen LogP contribution in [0.5, 0.6) is 5.75 Å². The van der Waals surface area contributed by atoms with E-state index in [-0.39, 0.29) is 10.8 Å². The maximum atomic E-state index is 13.0. The van der Waals surface area contributed by atoms with Gasteiger partial charge in [-0.25, -0.2) is 8.42 Å². The Morgan fingerprint density at radius 1 is 1.00 bits per heavy atom. The van der Waals surface area contributed by atoms with Crippen molar-refractivity contribution in [1.82, 2.24) is 0 Å². The first kappa shape index (κ1) is 22.1. The molecule has 0 unspecified atom stereocenters. The van der Waals surface area contributed by atoms with Crippen molar-refractivity contribution >= 4 is 60.3 Å². The Morgan fingerprint density at radius 3 is 2.34 bits per heavy atom. The van der Waals surface area contributed by atoms with E-state index in [2.05, 4.69) is 5.32 Å². The summed E-state index contributed by atoms with van der Waals surface area (Å²) in [4.78, 5) is 13.4. The lowest BCUT2D eigenvalue weighted by molar-refractivity contribution is 0.103. The molecule has 0 bridgehead atoms. The number of anilines is 2. The van der Waals surface area contributed by atoms with Gasteiger partial charge in [0.15, 0.2) is 0 Å². The molecule has 1 aromatic heterocycles. The summed E-state index contributed by atoms with van der Waals surface area (Å²) in [6.07, 6.45) is 0. The number of benzene rings is 3. The molecule has 1 N–H and O–H groups in total. The first-order valence-electron chi connectivity index (χ1n) is 9.51. The third-order valence-corrected chi connectivity index (χ3v) is 8.07. The van der Waals surface area contributed by atoms with E-state index in [4.69, 9.17) is 16.3 Å². The molecular weight excluding hydrogens is 468 g/mol. The molecule has 0 saturated carbocycles. The maximum Gasteiger partial charge on any atom is 0.265 e. The molecule has 6 nitrogen and oxygen atoms in total. The van der Waals surface area contributed by atoms with Crippen LogP contribution < -0.4 is 14.4 Å². The van der Waals surface area contributed by atoms with E-state index in [1.807, 2.05) is 6.07 Å². The summed E-state index contributed by atoms with van der Waals surface area (Å²) in [6.45, 7) is 0. The van der Waals surface area contributed by atoms with Crippen molar-refractivity contribution in [2.45, 2.75) is 4.90 Å². The van der Waals surface area contributed by atoms with Crippen LogP contribution in [0.3, 0.4) is 0 Å². The highest BCUT2D eigenvalue weighted by molar-refractivity contribution is 7.92. The van der Waals surface area contributed by atoms with Crippen LogP contribution in [0, 0.1) is 0 Å². The zero-order valence-corrected chi connectivity index (χ0v) is 19.6. The number of ether oxygens (including phenoxy) is 1. The highest BCUT2D eigenvalue weighted by atomic mass is 35.5. The molecule has 1 heterocycles. The van der Waals surface area contributed by atoms with Gasteiger partial charge in [-0.15, -0.1) is 11.3 Å². The number of methoxy groups -OCH3 is 1. The lowest BCUT2D eigenvalue weighted by Gasteiger charge is -2.19. The minimum atomic E-state index is -3.74. The normalized spacial score (nSPS) is 11.3. The topological polar surface area (TPSA) is 75.7 Å². The maximum absolute atomic E-state index is 13.0. The summed E-state index contributed by atoms with van der Waals surface area (Å²) >= 11 is 7.21. The smallest absolute Gasteiger partial charge is 0.265 e. The van der Waals surface area contributed by atoms with Crippen LogP contribution in [0.4, 0.5) is 11.4 Å². The Kier molecular flexibility index (Phi) is 6.10. The summed E-state index contributed by atoms with van der Waals surface area (Å²) < 4.78 is 33.1. The van der Waals surface area contributed by atoms with E-state index in [1.165, 1.54) is 47.0 Å². The van der Waals surface area contributed by atoms with Crippen molar-refractivity contribution in [2.24, 2.45) is 0 Å². The lowest BCUT2D eigenvalue weighted by Crippen LogP contribution is -2.26. The van der Waals surface area contributed by atoms with Crippen LogP contribution in [0.15, 0.2) is 77.7 Å². The van der Waals surface area contributed by atoms with E-state index >= 15 is 0 Å². The highest BCUT2D eigenvalue weighted by Gasteiger charge is 2.22. The third-order valence-electron chi connectivity index (χ3n) is 4.91. The van der Waals surface area contributed by atoms with Crippen LogP contribution in [0.1, 0.15) is 9.67 Å². The van der Waals surface area contributed by atoms with Gasteiger partial charge in [0.1, 0.15) is 5.75 Å². The minimum absolute atomic E-state index is 0.148.